The van der Waals surface area contributed by atoms with Crippen molar-refractivity contribution >= 4 is 100.0 Å². The molecule has 107 heavy (non-hydrogen) atoms. The van der Waals surface area contributed by atoms with Crippen LogP contribution in [0.4, 0.5) is 5.69 Å². The van der Waals surface area contributed by atoms with Crippen molar-refractivity contribution in [3.8, 4) is 23.0 Å². The number of carbonyl (C=O) groups excluding carboxylic acids is 11. The summed E-state index contributed by atoms with van der Waals surface area (Å²) in [7, 11) is 0. The number of hydrogen-bond donors (Lipinski definition) is 12. The number of aliphatic hydroxyl groups is 1. The number of benzene rings is 3. The Morgan fingerprint density at radius 1 is 0.654 bits per heavy atom. The maximum Gasteiger partial charge on any atom is 0.340 e. The molecule has 0 radical (unpaired) electrons. The number of ether oxygens (including phenoxy) is 2. The highest BCUT2D eigenvalue weighted by Crippen LogP contribution is 2.57. The van der Waals surface area contributed by atoms with Crippen LogP contribution in [-0.4, -0.2) is 233 Å². The van der Waals surface area contributed by atoms with Gasteiger partial charge in [0.1, 0.15) is 65.3 Å². The van der Waals surface area contributed by atoms with Crippen molar-refractivity contribution in [2.24, 2.45) is 5.73 Å². The zero-order valence-corrected chi connectivity index (χ0v) is 60.9. The smallest absolute Gasteiger partial charge is 0.340 e. The highest BCUT2D eigenvalue weighted by molar-refractivity contribution is 7.80. The molecule has 0 bridgehead atoms. The van der Waals surface area contributed by atoms with E-state index >= 15 is 0 Å². The van der Waals surface area contributed by atoms with Gasteiger partial charge in [0.2, 0.25) is 59.1 Å². The number of rotatable bonds is 17. The van der Waals surface area contributed by atoms with Crippen LogP contribution in [-0.2, 0) is 67.9 Å². The van der Waals surface area contributed by atoms with Crippen LogP contribution < -0.4 is 42.4 Å². The van der Waals surface area contributed by atoms with Gasteiger partial charge in [-0.05, 0) is 171 Å². The highest BCUT2D eigenvalue weighted by atomic mass is 32.1. The number of carboxylic acid groups (broad SMARTS) is 2. The first-order valence-corrected chi connectivity index (χ1v) is 37.1. The molecule has 6 aliphatic heterocycles. The SMILES string of the molecule is C[C@@H]1NC(=O)[C@H]([C@@H](C)O)NC(=O)[C@@H]2CCCN2C(=O)[C@H](CCC(=O)O)NC(=O)CN(C(=O)CCCCNC(=S)Nc2ccc3c(c2)C2(OC3=O)c3ccc(O)cc3Oc3cc(O)ccc32)CCCC/C=C/CCCCCCN(CC(=O)N[C@@H](CCC(=O)O)C(N)=O)C(=O)[C@@H]2CCCN2C(=O)[C@@H]2CCCN2C1=O. The fourth-order valence-corrected chi connectivity index (χ4v) is 14.9. The predicted octanol–water partition coefficient (Wildman–Crippen LogP) is 3.00. The molecular weight excluding hydrogens is 1410 g/mol. The van der Waals surface area contributed by atoms with Gasteiger partial charge in [-0.2, -0.15) is 0 Å². The third-order valence-electron chi connectivity index (χ3n) is 20.1. The number of amides is 10. The Morgan fingerprint density at radius 3 is 1.89 bits per heavy atom. The van der Waals surface area contributed by atoms with Crippen molar-refractivity contribution in [1.82, 2.24) is 51.1 Å². The van der Waals surface area contributed by atoms with Gasteiger partial charge in [0, 0.05) is 93.0 Å². The van der Waals surface area contributed by atoms with Gasteiger partial charge in [-0.3, -0.25) is 57.5 Å². The molecule has 6 aliphatic rings. The van der Waals surface area contributed by atoms with Gasteiger partial charge in [0.15, 0.2) is 10.7 Å². The topological polar surface area (TPSA) is 456 Å². The average molecular weight is 1510 g/mol. The quantitative estimate of drug-likeness (QED) is 0.0400. The number of aliphatic hydroxyl groups excluding tert-OH is 1. The number of unbranched alkanes of at least 4 members (excludes halogenated alkanes) is 1. The number of primary amides is 1. The minimum Gasteiger partial charge on any atom is -0.508 e. The van der Waals surface area contributed by atoms with E-state index in [1.807, 2.05) is 12.2 Å². The van der Waals surface area contributed by atoms with E-state index in [0.717, 1.165) is 12.8 Å². The Hall–Kier alpha value is -10.4. The van der Waals surface area contributed by atoms with Crippen LogP contribution in [0.2, 0.25) is 0 Å². The number of phenols is 2. The molecule has 33 heteroatoms. The molecule has 9 rings (SSSR count). The number of esters is 1. The van der Waals surface area contributed by atoms with E-state index in [1.165, 1.54) is 62.6 Å². The second-order valence-electron chi connectivity index (χ2n) is 27.9. The van der Waals surface area contributed by atoms with E-state index in [0.29, 0.717) is 93.1 Å². The number of aromatic hydroxyl groups is 2. The summed E-state index contributed by atoms with van der Waals surface area (Å²) in [5, 5.41) is 67.4. The van der Waals surface area contributed by atoms with Gasteiger partial charge in [0.25, 0.3) is 0 Å². The monoisotopic (exact) mass is 1500 g/mol. The molecule has 578 valence electrons. The summed E-state index contributed by atoms with van der Waals surface area (Å²) in [5.74, 6) is -10.2. The molecule has 0 saturated carbocycles. The number of allylic oxidation sites excluding steroid dienone is 2. The molecule has 3 aromatic carbocycles. The third-order valence-corrected chi connectivity index (χ3v) is 20.4. The number of fused-ring (bicyclic) bond motifs is 9. The lowest BCUT2D eigenvalue weighted by molar-refractivity contribution is -0.150. The summed E-state index contributed by atoms with van der Waals surface area (Å²) in [4.78, 5) is 184. The lowest BCUT2D eigenvalue weighted by Crippen LogP contribution is -2.61. The summed E-state index contributed by atoms with van der Waals surface area (Å²) in [6.07, 6.45) is 8.02. The van der Waals surface area contributed by atoms with E-state index in [1.54, 1.807) is 30.3 Å². The molecule has 3 saturated heterocycles. The molecule has 0 aromatic heterocycles. The number of phenolic OH excluding ortho intramolecular Hbond substituents is 2. The largest absolute Gasteiger partial charge is 0.508 e. The summed E-state index contributed by atoms with van der Waals surface area (Å²) >= 11 is 5.69. The van der Waals surface area contributed by atoms with Gasteiger partial charge < -0.3 is 97.1 Å². The van der Waals surface area contributed by atoms with E-state index in [4.69, 9.17) is 27.4 Å². The van der Waals surface area contributed by atoms with Crippen LogP contribution in [0.25, 0.3) is 0 Å². The van der Waals surface area contributed by atoms with Gasteiger partial charge in [0.05, 0.1) is 24.8 Å². The zero-order valence-electron chi connectivity index (χ0n) is 60.1. The van der Waals surface area contributed by atoms with Crippen LogP contribution in [0.5, 0.6) is 23.0 Å². The number of nitrogens with one attached hydrogen (secondary N) is 6. The number of nitrogens with zero attached hydrogens (tertiary/aromatic N) is 5. The second-order valence-corrected chi connectivity index (χ2v) is 28.3. The molecule has 3 fully saturated rings. The maximum absolute atomic E-state index is 14.6. The molecular formula is C74H96N12O20S. The molecule has 0 aliphatic carbocycles. The van der Waals surface area contributed by atoms with Crippen molar-refractivity contribution in [1.29, 1.82) is 0 Å². The molecule has 32 nitrogen and oxygen atoms in total. The fourth-order valence-electron chi connectivity index (χ4n) is 14.6. The highest BCUT2D eigenvalue weighted by Gasteiger charge is 2.54. The molecule has 8 atom stereocenters. The first-order chi connectivity index (χ1) is 51.1. The second kappa shape index (κ2) is 37.2. The average Bonchev–Trinajstić information content (AvgIpc) is 1.59. The lowest BCUT2D eigenvalue weighted by Gasteiger charge is -2.36. The Balaban J connectivity index is 0.872. The van der Waals surface area contributed by atoms with E-state index in [2.05, 4.69) is 31.9 Å². The number of anilines is 1. The van der Waals surface area contributed by atoms with Crippen molar-refractivity contribution in [2.45, 2.75) is 203 Å². The van der Waals surface area contributed by atoms with Crippen molar-refractivity contribution in [3.05, 3.63) is 89.0 Å². The summed E-state index contributed by atoms with van der Waals surface area (Å²) < 4.78 is 12.3. The van der Waals surface area contributed by atoms with E-state index in [-0.39, 0.29) is 111 Å². The molecule has 10 amide bonds. The number of aliphatic carboxylic acids is 2. The fraction of sp³-hybridized carbons (Fsp3) is 0.541. The minimum atomic E-state index is -1.69. The molecule has 0 unspecified atom stereocenters. The Kier molecular flexibility index (Phi) is 28.0. The minimum absolute atomic E-state index is 0.00995. The Morgan fingerprint density at radius 2 is 1.25 bits per heavy atom. The van der Waals surface area contributed by atoms with Crippen molar-refractivity contribution in [3.63, 3.8) is 0 Å². The molecule has 13 N–H and O–H groups in total. The van der Waals surface area contributed by atoms with Crippen LogP contribution in [0.1, 0.15) is 176 Å². The lowest BCUT2D eigenvalue weighted by atomic mass is 9.77. The number of nitrogens with two attached hydrogens (primary N) is 1. The van der Waals surface area contributed by atoms with Crippen molar-refractivity contribution < 1.29 is 97.3 Å². The number of hydrogen-bond acceptors (Lipinski definition) is 19. The Labute approximate surface area is 623 Å². The Bertz CT molecular complexity index is 3860. The summed E-state index contributed by atoms with van der Waals surface area (Å²) in [6, 6.07) is 4.66. The molecule has 6 heterocycles. The molecule has 3 aromatic rings. The first-order valence-electron chi connectivity index (χ1n) is 36.7. The van der Waals surface area contributed by atoms with Crippen LogP contribution in [0.3, 0.4) is 0 Å². The van der Waals surface area contributed by atoms with Gasteiger partial charge in [-0.1, -0.05) is 25.0 Å². The van der Waals surface area contributed by atoms with E-state index < -0.39 is 157 Å². The standard InChI is InChI=1S/C74H96N12O20S/c1-43-68(100)85-36-17-20-56(85)71(103)86-37-16-19-55(86)70(102)83(42-60(91)79-52(65(75)97)28-30-62(93)94)34-14-10-8-6-4-3-5-7-9-13-33-82(41-59(90)80-53(29-31-63(95)96)69(101)84-35-15-18-54(84)66(98)81-64(44(2)87)67(99)77-43)61(92)21-11-12-32-76-73(107)78-45-22-25-48-51(38-45)74(106-72(48)104)49-26-23-46(88)39-57(49)105-58-40-47(89)24-27-50(58)74/h3,5,22-27,38-40,43-44,52-56,64,87-89H,4,6-21,28-37,41-42H2,1-2H3,(H2,75,97)(H,77,99)(H,79,91)(H,80,90)(H,81,98)(H,93,94)(H,95,96)(H2,76,78,107)/b5-3+/t43-,44+,52-,53-,54-,55-,56-,64-/m0/s1. The summed E-state index contributed by atoms with van der Waals surface area (Å²) in [5.41, 5.74) is 6.08. The first kappa shape index (κ1) is 80.7. The van der Waals surface area contributed by atoms with Crippen LogP contribution in [0.15, 0.2) is 66.7 Å². The molecule has 1 spiro atoms. The van der Waals surface area contributed by atoms with E-state index in [9.17, 15) is 87.9 Å². The van der Waals surface area contributed by atoms with Gasteiger partial charge >= 0.3 is 17.9 Å². The number of carbonyl (C=O) groups is 13. The summed E-state index contributed by atoms with van der Waals surface area (Å²) in [6.45, 7) is 2.30. The number of carboxylic acids is 2. The maximum atomic E-state index is 14.6. The normalized spacial score (nSPS) is 23.0. The van der Waals surface area contributed by atoms with Crippen LogP contribution in [0, 0.1) is 0 Å². The predicted molar refractivity (Wildman–Crippen MR) is 388 cm³/mol. The van der Waals surface area contributed by atoms with Crippen molar-refractivity contribution in [2.75, 3.05) is 57.7 Å². The number of thiocarbonyl (C=S) groups is 1. The van der Waals surface area contributed by atoms with Crippen LogP contribution >= 0.6 is 12.2 Å². The van der Waals surface area contributed by atoms with Gasteiger partial charge in [-0.15, -0.1) is 0 Å². The third kappa shape index (κ3) is 20.4. The zero-order chi connectivity index (χ0) is 77.2. The van der Waals surface area contributed by atoms with Gasteiger partial charge in [-0.25, -0.2) is 4.79 Å².